The average Bonchev–Trinajstić information content (AvgIpc) is 3.51. The van der Waals surface area contributed by atoms with Gasteiger partial charge >= 0.3 is 0 Å². The van der Waals surface area contributed by atoms with E-state index >= 15 is 0 Å². The van der Waals surface area contributed by atoms with Gasteiger partial charge in [-0.25, -0.2) is 15.0 Å². The van der Waals surface area contributed by atoms with Gasteiger partial charge in [0.05, 0.1) is 11.7 Å². The number of aromatic nitrogens is 4. The first kappa shape index (κ1) is 30.6. The first-order chi connectivity index (χ1) is 25.1. The zero-order chi connectivity index (χ0) is 34.3. The van der Waals surface area contributed by atoms with Crippen molar-refractivity contribution in [2.75, 3.05) is 4.90 Å². The number of nitrogens with zero attached hydrogens (tertiary/aromatic N) is 5. The molecular formula is C46H35N5. The maximum absolute atomic E-state index is 5.20. The Hall–Kier alpha value is -6.46. The number of aryl methyl sites for hydroxylation is 2. The molecule has 0 radical (unpaired) electrons. The van der Waals surface area contributed by atoms with E-state index in [0.29, 0.717) is 17.5 Å². The van der Waals surface area contributed by atoms with Gasteiger partial charge in [-0.15, -0.1) is 0 Å². The van der Waals surface area contributed by atoms with Crippen LogP contribution in [0.25, 0.3) is 50.9 Å². The van der Waals surface area contributed by atoms with Gasteiger partial charge < -0.3 is 4.90 Å². The molecule has 2 atom stereocenters. The van der Waals surface area contributed by atoms with Crippen LogP contribution in [-0.2, 0) is 0 Å². The molecule has 0 amide bonds. The number of anilines is 2. The van der Waals surface area contributed by atoms with Gasteiger partial charge in [-0.1, -0.05) is 139 Å². The third-order valence-corrected chi connectivity index (χ3v) is 9.80. The molecule has 0 saturated heterocycles. The van der Waals surface area contributed by atoms with Gasteiger partial charge in [0, 0.05) is 46.3 Å². The maximum Gasteiger partial charge on any atom is 0.166 e. The SMILES string of the molecule is Cc1cc(C)cc(C2=CC3c4ccccc4N(c4ccc(-c5cccnc5)cc4-c4nc(-c5ccccc5)nc(-c5ccccc5)n4)C3C=C2)c1. The fourth-order valence-electron chi connectivity index (χ4n) is 7.53. The van der Waals surface area contributed by atoms with Crippen LogP contribution in [0.5, 0.6) is 0 Å². The molecule has 2 aliphatic rings. The average molecular weight is 658 g/mol. The molecule has 1 aliphatic heterocycles. The lowest BCUT2D eigenvalue weighted by molar-refractivity contribution is 0.747. The second-order valence-corrected chi connectivity index (χ2v) is 13.3. The van der Waals surface area contributed by atoms with E-state index in [1.807, 2.05) is 48.7 Å². The molecule has 7 aromatic rings. The van der Waals surface area contributed by atoms with Gasteiger partial charge in [-0.05, 0) is 60.4 Å². The molecule has 2 unspecified atom stereocenters. The van der Waals surface area contributed by atoms with Crippen LogP contribution < -0.4 is 4.90 Å². The molecule has 51 heavy (non-hydrogen) atoms. The summed E-state index contributed by atoms with van der Waals surface area (Å²) in [6.07, 6.45) is 10.8. The normalized spacial score (nSPS) is 16.0. The van der Waals surface area contributed by atoms with Gasteiger partial charge in [0.2, 0.25) is 0 Å². The first-order valence-corrected chi connectivity index (χ1v) is 17.4. The van der Waals surface area contributed by atoms with Crippen molar-refractivity contribution in [1.82, 2.24) is 19.9 Å². The second-order valence-electron chi connectivity index (χ2n) is 13.3. The van der Waals surface area contributed by atoms with Crippen molar-refractivity contribution in [2.45, 2.75) is 25.8 Å². The van der Waals surface area contributed by atoms with Crippen molar-refractivity contribution in [3.8, 4) is 45.3 Å². The summed E-state index contributed by atoms with van der Waals surface area (Å²) >= 11 is 0. The Morgan fingerprint density at radius 1 is 0.529 bits per heavy atom. The third kappa shape index (κ3) is 5.73. The van der Waals surface area contributed by atoms with Crippen molar-refractivity contribution in [1.29, 1.82) is 0 Å². The Bertz CT molecular complexity index is 2370. The van der Waals surface area contributed by atoms with Crippen LogP contribution in [0.3, 0.4) is 0 Å². The number of pyridine rings is 1. The summed E-state index contributed by atoms with van der Waals surface area (Å²) in [4.78, 5) is 22.3. The zero-order valence-corrected chi connectivity index (χ0v) is 28.5. The number of para-hydroxylation sites is 1. The van der Waals surface area contributed by atoms with Crippen LogP contribution in [-0.4, -0.2) is 26.0 Å². The van der Waals surface area contributed by atoms with Crippen molar-refractivity contribution in [2.24, 2.45) is 0 Å². The lowest BCUT2D eigenvalue weighted by Crippen LogP contribution is -2.29. The summed E-state index contributed by atoms with van der Waals surface area (Å²) in [6.45, 7) is 4.34. The second kappa shape index (κ2) is 12.8. The molecule has 0 saturated carbocycles. The van der Waals surface area contributed by atoms with Crippen molar-refractivity contribution in [3.63, 3.8) is 0 Å². The molecule has 5 aromatic carbocycles. The van der Waals surface area contributed by atoms with Crippen molar-refractivity contribution >= 4 is 16.9 Å². The molecule has 0 spiro atoms. The van der Waals surface area contributed by atoms with E-state index < -0.39 is 0 Å². The van der Waals surface area contributed by atoms with Crippen LogP contribution in [0.2, 0.25) is 0 Å². The summed E-state index contributed by atoms with van der Waals surface area (Å²) in [5.41, 5.74) is 13.5. The lowest BCUT2D eigenvalue weighted by Gasteiger charge is -2.31. The number of allylic oxidation sites excluding steroid dienone is 2. The van der Waals surface area contributed by atoms with E-state index in [-0.39, 0.29) is 12.0 Å². The molecule has 9 rings (SSSR count). The van der Waals surface area contributed by atoms with Gasteiger partial charge in [0.15, 0.2) is 17.5 Å². The standard InChI is InChI=1S/C46H35N5/c1-30-24-31(2)26-37(25-30)35-20-21-42-39(27-35)38-17-9-10-18-41(38)51(42)43-22-19-34(36-16-11-23-47-29-36)28-40(43)46-49-44(32-12-5-3-6-13-32)48-45(50-46)33-14-7-4-8-15-33/h3-29,39,42H,1-2H3. The number of hydrogen-bond acceptors (Lipinski definition) is 5. The number of fused-ring (bicyclic) bond motifs is 3. The highest BCUT2D eigenvalue weighted by molar-refractivity contribution is 5.89. The quantitative estimate of drug-likeness (QED) is 0.178. The van der Waals surface area contributed by atoms with Crippen LogP contribution in [0.4, 0.5) is 11.4 Å². The fraction of sp³-hybridized carbons (Fsp3) is 0.0870. The highest BCUT2D eigenvalue weighted by atomic mass is 15.2. The minimum absolute atomic E-state index is 0.0732. The van der Waals surface area contributed by atoms with Crippen LogP contribution >= 0.6 is 0 Å². The third-order valence-electron chi connectivity index (χ3n) is 9.80. The van der Waals surface area contributed by atoms with Gasteiger partial charge in [-0.3, -0.25) is 4.98 Å². The maximum atomic E-state index is 5.20. The highest BCUT2D eigenvalue weighted by Crippen LogP contribution is 2.51. The monoisotopic (exact) mass is 657 g/mol. The number of hydrogen-bond donors (Lipinski definition) is 0. The van der Waals surface area contributed by atoms with E-state index in [4.69, 9.17) is 15.0 Å². The predicted molar refractivity (Wildman–Crippen MR) is 208 cm³/mol. The molecule has 5 heteroatoms. The van der Waals surface area contributed by atoms with Crippen molar-refractivity contribution < 1.29 is 0 Å². The summed E-state index contributed by atoms with van der Waals surface area (Å²) in [7, 11) is 0. The number of rotatable bonds is 6. The van der Waals surface area contributed by atoms with E-state index in [0.717, 1.165) is 33.5 Å². The Kier molecular flexibility index (Phi) is 7.66. The Morgan fingerprint density at radius 2 is 1.18 bits per heavy atom. The Labute approximate surface area is 298 Å². The lowest BCUT2D eigenvalue weighted by atomic mass is 9.85. The molecule has 0 fully saturated rings. The van der Waals surface area contributed by atoms with Gasteiger partial charge in [-0.2, -0.15) is 0 Å². The smallest absolute Gasteiger partial charge is 0.166 e. The van der Waals surface area contributed by atoms with E-state index in [9.17, 15) is 0 Å². The van der Waals surface area contributed by atoms with E-state index in [1.54, 1.807) is 6.20 Å². The molecule has 3 heterocycles. The Balaban J connectivity index is 1.25. The highest BCUT2D eigenvalue weighted by Gasteiger charge is 2.39. The molecule has 244 valence electrons. The van der Waals surface area contributed by atoms with Crippen LogP contribution in [0.1, 0.15) is 28.2 Å². The van der Waals surface area contributed by atoms with E-state index in [2.05, 4.69) is 133 Å². The summed E-state index contributed by atoms with van der Waals surface area (Å²) < 4.78 is 0. The van der Waals surface area contributed by atoms with Gasteiger partial charge in [0.25, 0.3) is 0 Å². The molecule has 5 nitrogen and oxygen atoms in total. The Morgan fingerprint density at radius 3 is 1.86 bits per heavy atom. The summed E-state index contributed by atoms with van der Waals surface area (Å²) in [5.74, 6) is 2.06. The minimum atomic E-state index is 0.0732. The van der Waals surface area contributed by atoms with Crippen molar-refractivity contribution in [3.05, 3.63) is 186 Å². The number of benzene rings is 5. The summed E-state index contributed by atoms with van der Waals surface area (Å²) in [6, 6.07) is 46.7. The van der Waals surface area contributed by atoms with Gasteiger partial charge in [0.1, 0.15) is 0 Å². The van der Waals surface area contributed by atoms with E-state index in [1.165, 1.54) is 33.5 Å². The molecule has 2 aromatic heterocycles. The van der Waals surface area contributed by atoms with Crippen LogP contribution in [0.15, 0.2) is 164 Å². The predicted octanol–water partition coefficient (Wildman–Crippen LogP) is 10.8. The molecule has 0 bridgehead atoms. The largest absolute Gasteiger partial charge is 0.333 e. The minimum Gasteiger partial charge on any atom is -0.333 e. The molecule has 1 aliphatic carbocycles. The summed E-state index contributed by atoms with van der Waals surface area (Å²) in [5, 5.41) is 0. The molecule has 0 N–H and O–H groups in total. The van der Waals surface area contributed by atoms with Crippen LogP contribution in [0, 0.1) is 13.8 Å². The first-order valence-electron chi connectivity index (χ1n) is 17.4. The fourth-order valence-corrected chi connectivity index (χ4v) is 7.53. The topological polar surface area (TPSA) is 54.8 Å². The zero-order valence-electron chi connectivity index (χ0n) is 28.5. The molecular weight excluding hydrogens is 623 g/mol.